The van der Waals surface area contributed by atoms with Crippen LogP contribution in [0.3, 0.4) is 0 Å². The molecule has 0 amide bonds. The number of alkyl halides is 6. The molecule has 8 nitrogen and oxygen atoms in total. The Balaban J connectivity index is 1.70. The number of aromatic nitrogens is 5. The summed E-state index contributed by atoms with van der Waals surface area (Å²) in [6.45, 7) is 8.73. The van der Waals surface area contributed by atoms with Crippen LogP contribution in [0.15, 0.2) is 71.5 Å². The minimum atomic E-state index is -5.06. The lowest BCUT2D eigenvalue weighted by Gasteiger charge is -2.27. The molecule has 0 atom stereocenters. The van der Waals surface area contributed by atoms with Crippen molar-refractivity contribution in [3.05, 3.63) is 106 Å². The van der Waals surface area contributed by atoms with Crippen molar-refractivity contribution in [2.75, 3.05) is 0 Å². The number of hydrogen-bond donors (Lipinski definition) is 0. The van der Waals surface area contributed by atoms with Crippen LogP contribution in [0.4, 0.5) is 26.3 Å². The van der Waals surface area contributed by atoms with Gasteiger partial charge in [0.15, 0.2) is 11.5 Å². The summed E-state index contributed by atoms with van der Waals surface area (Å²) in [5, 5.41) is 12.4. The zero-order chi connectivity index (χ0) is 35.9. The summed E-state index contributed by atoms with van der Waals surface area (Å²) in [5.41, 5.74) is -4.14. The normalized spacial score (nSPS) is 12.8. The molecule has 0 aliphatic heterocycles. The second-order valence-electron chi connectivity index (χ2n) is 12.6. The second kappa shape index (κ2) is 13.2. The first-order chi connectivity index (χ1) is 22.8. The molecule has 16 heteroatoms. The van der Waals surface area contributed by atoms with Crippen LogP contribution in [0.25, 0.3) is 22.5 Å². The van der Waals surface area contributed by atoms with Gasteiger partial charge in [-0.05, 0) is 60.8 Å². The molecule has 0 aliphatic carbocycles. The van der Waals surface area contributed by atoms with Crippen LogP contribution in [0.1, 0.15) is 73.1 Å². The summed E-state index contributed by atoms with van der Waals surface area (Å²) in [4.78, 5) is 18.7. The summed E-state index contributed by atoms with van der Waals surface area (Å²) in [5.74, 6) is -0.702. The Labute approximate surface area is 284 Å². The van der Waals surface area contributed by atoms with Gasteiger partial charge in [0.05, 0.1) is 28.3 Å². The number of nitrogens with zero attached hydrogens (tertiary/aromatic N) is 5. The topological polar surface area (TPSA) is 95.9 Å². The van der Waals surface area contributed by atoms with E-state index < -0.39 is 41.4 Å². The smallest absolute Gasteiger partial charge is 0.405 e. The van der Waals surface area contributed by atoms with E-state index in [0.717, 1.165) is 4.68 Å². The number of benzene rings is 2. The SMILES string of the molecule is CC(C)(C)[Si]OC(C)(C)c1onc(-c2ccccc2Cl)c1C(=O)c1nnn(Cc2cc(C(F)(F)F)cc(C(F)(F)F)c2)c1-c1ccncc1. The lowest BCUT2D eigenvalue weighted by Crippen LogP contribution is -2.29. The van der Waals surface area contributed by atoms with Crippen molar-refractivity contribution in [2.24, 2.45) is 0 Å². The molecule has 2 aromatic carbocycles. The summed E-state index contributed by atoms with van der Waals surface area (Å²) < 4.78 is 95.0. The molecule has 49 heavy (non-hydrogen) atoms. The number of rotatable bonds is 9. The number of ketones is 1. The molecule has 3 aromatic heterocycles. The lowest BCUT2D eigenvalue weighted by atomic mass is 9.93. The zero-order valence-electron chi connectivity index (χ0n) is 26.7. The Morgan fingerprint density at radius 3 is 2.10 bits per heavy atom. The third-order valence-electron chi connectivity index (χ3n) is 7.09. The summed E-state index contributed by atoms with van der Waals surface area (Å²) in [6, 6.07) is 10.9. The molecule has 0 saturated carbocycles. The molecule has 256 valence electrons. The first-order valence-electron chi connectivity index (χ1n) is 14.6. The molecule has 0 aliphatic rings. The maximum atomic E-state index is 14.7. The Morgan fingerprint density at radius 1 is 0.918 bits per heavy atom. The first kappa shape index (κ1) is 36.0. The fourth-order valence-electron chi connectivity index (χ4n) is 4.85. The highest BCUT2D eigenvalue weighted by molar-refractivity contribution is 6.33. The molecule has 0 saturated heterocycles. The van der Waals surface area contributed by atoms with Crippen molar-refractivity contribution < 1.29 is 40.1 Å². The molecule has 0 unspecified atom stereocenters. The first-order valence-corrected chi connectivity index (χ1v) is 15.9. The van der Waals surface area contributed by atoms with E-state index in [9.17, 15) is 31.1 Å². The van der Waals surface area contributed by atoms with Crippen LogP contribution >= 0.6 is 11.6 Å². The van der Waals surface area contributed by atoms with Crippen molar-refractivity contribution in [2.45, 2.75) is 64.2 Å². The van der Waals surface area contributed by atoms with Gasteiger partial charge in [-0.1, -0.05) is 60.9 Å². The van der Waals surface area contributed by atoms with Gasteiger partial charge in [-0.25, -0.2) is 4.68 Å². The Hall–Kier alpha value is -4.34. The van der Waals surface area contributed by atoms with Crippen LogP contribution in [-0.4, -0.2) is 40.7 Å². The van der Waals surface area contributed by atoms with Gasteiger partial charge >= 0.3 is 12.4 Å². The molecule has 0 fully saturated rings. The van der Waals surface area contributed by atoms with Crippen LogP contribution < -0.4 is 0 Å². The predicted molar refractivity (Wildman–Crippen MR) is 169 cm³/mol. The van der Waals surface area contributed by atoms with E-state index in [1.807, 2.05) is 20.8 Å². The number of carbonyl (C=O) groups is 1. The standard InChI is InChI=1S/C33H28ClF6N5O3Si/c1-30(2,3)49-48-31(4,5)29-24(25(43-47-29)22-8-6-7-9-23(22)34)28(46)26-27(19-10-12-41-13-11-19)45(44-42-26)17-18-14-20(32(35,36)37)16-21(15-18)33(38,39)40/h6-16H,17H2,1-5H3. The van der Waals surface area contributed by atoms with Gasteiger partial charge in [0.1, 0.15) is 17.0 Å². The van der Waals surface area contributed by atoms with E-state index in [1.165, 1.54) is 24.5 Å². The van der Waals surface area contributed by atoms with E-state index in [0.29, 0.717) is 23.3 Å². The van der Waals surface area contributed by atoms with Crippen molar-refractivity contribution in [3.8, 4) is 22.5 Å². The highest BCUT2D eigenvalue weighted by Crippen LogP contribution is 2.40. The highest BCUT2D eigenvalue weighted by atomic mass is 35.5. The minimum Gasteiger partial charge on any atom is -0.405 e. The van der Waals surface area contributed by atoms with Crippen LogP contribution in [0.5, 0.6) is 0 Å². The lowest BCUT2D eigenvalue weighted by molar-refractivity contribution is -0.143. The van der Waals surface area contributed by atoms with Crippen molar-refractivity contribution in [1.29, 1.82) is 0 Å². The zero-order valence-corrected chi connectivity index (χ0v) is 28.4. The third-order valence-corrected chi connectivity index (χ3v) is 8.65. The van der Waals surface area contributed by atoms with Gasteiger partial charge in [0, 0.05) is 23.5 Å². The molecule has 0 N–H and O–H groups in total. The Kier molecular flexibility index (Phi) is 9.66. The average molecular weight is 720 g/mol. The molecular weight excluding hydrogens is 692 g/mol. The van der Waals surface area contributed by atoms with Gasteiger partial charge in [0.2, 0.25) is 15.5 Å². The fraction of sp³-hybridized carbons (Fsp3) is 0.303. The fourth-order valence-corrected chi connectivity index (χ4v) is 5.73. The molecule has 0 bridgehead atoms. The van der Waals surface area contributed by atoms with Gasteiger partial charge in [0.25, 0.3) is 0 Å². The number of carbonyl (C=O) groups excluding carboxylic acids is 1. The molecule has 5 aromatic rings. The third kappa shape index (κ3) is 7.94. The van der Waals surface area contributed by atoms with E-state index in [1.54, 1.807) is 38.1 Å². The number of pyridine rings is 1. The Bertz CT molecular complexity index is 1950. The van der Waals surface area contributed by atoms with Crippen molar-refractivity contribution in [1.82, 2.24) is 25.1 Å². The Morgan fingerprint density at radius 2 is 1.53 bits per heavy atom. The minimum absolute atomic E-state index is 0.00548. The van der Waals surface area contributed by atoms with Crippen molar-refractivity contribution in [3.63, 3.8) is 0 Å². The van der Waals surface area contributed by atoms with E-state index in [4.69, 9.17) is 20.6 Å². The summed E-state index contributed by atoms with van der Waals surface area (Å²) in [6.07, 6.45) is -7.32. The van der Waals surface area contributed by atoms with Crippen LogP contribution in [0.2, 0.25) is 10.1 Å². The molecule has 2 radical (unpaired) electrons. The molecule has 5 rings (SSSR count). The van der Waals surface area contributed by atoms with Crippen LogP contribution in [-0.2, 0) is 28.9 Å². The van der Waals surface area contributed by atoms with E-state index in [-0.39, 0.29) is 59.9 Å². The monoisotopic (exact) mass is 719 g/mol. The summed E-state index contributed by atoms with van der Waals surface area (Å²) in [7, 11) is -0.0235. The van der Waals surface area contributed by atoms with Crippen LogP contribution in [0, 0.1) is 0 Å². The van der Waals surface area contributed by atoms with Gasteiger partial charge in [-0.3, -0.25) is 9.78 Å². The van der Waals surface area contributed by atoms with Gasteiger partial charge in [-0.15, -0.1) is 5.10 Å². The molecule has 0 spiro atoms. The van der Waals surface area contributed by atoms with Gasteiger partial charge in [-0.2, -0.15) is 26.3 Å². The average Bonchev–Trinajstić information content (AvgIpc) is 3.65. The number of halogens is 7. The summed E-state index contributed by atoms with van der Waals surface area (Å²) >= 11 is 6.52. The second-order valence-corrected chi connectivity index (χ2v) is 14.9. The predicted octanol–water partition coefficient (Wildman–Crippen LogP) is 9.05. The quantitative estimate of drug-likeness (QED) is 0.0852. The number of hydrogen-bond acceptors (Lipinski definition) is 7. The molecule has 3 heterocycles. The maximum absolute atomic E-state index is 14.7. The van der Waals surface area contributed by atoms with Gasteiger partial charge < -0.3 is 8.95 Å². The maximum Gasteiger partial charge on any atom is 0.416 e. The van der Waals surface area contributed by atoms with E-state index >= 15 is 0 Å². The largest absolute Gasteiger partial charge is 0.416 e. The highest BCUT2D eigenvalue weighted by Gasteiger charge is 2.40. The molecular formula is C33H28ClF6N5O3Si. The van der Waals surface area contributed by atoms with Crippen molar-refractivity contribution >= 4 is 27.1 Å². The van der Waals surface area contributed by atoms with E-state index in [2.05, 4.69) is 20.5 Å².